The van der Waals surface area contributed by atoms with Crippen molar-refractivity contribution in [1.29, 1.82) is 0 Å². The number of nitrogens with zero attached hydrogens (tertiary/aromatic N) is 1. The first-order chi connectivity index (χ1) is 8.70. The van der Waals surface area contributed by atoms with E-state index in [9.17, 15) is 4.79 Å². The third-order valence-corrected chi connectivity index (χ3v) is 3.16. The molecule has 0 saturated carbocycles. The predicted molar refractivity (Wildman–Crippen MR) is 72.3 cm³/mol. The highest BCUT2D eigenvalue weighted by Crippen LogP contribution is 2.18. The van der Waals surface area contributed by atoms with Crippen LogP contribution in [0.1, 0.15) is 17.3 Å². The molecule has 1 saturated heterocycles. The van der Waals surface area contributed by atoms with Crippen LogP contribution in [0.15, 0.2) is 24.3 Å². The Bertz CT molecular complexity index is 408. The second-order valence-corrected chi connectivity index (χ2v) is 4.66. The lowest BCUT2D eigenvalue weighted by Gasteiger charge is -2.32. The summed E-state index contributed by atoms with van der Waals surface area (Å²) in [5, 5.41) is 3.18. The lowest BCUT2D eigenvalue weighted by Crippen LogP contribution is -2.48. The molecule has 18 heavy (non-hydrogen) atoms. The number of benzene rings is 1. The number of carbonyl (C=O) groups excluding carboxylic acids is 1. The zero-order valence-corrected chi connectivity index (χ0v) is 11.1. The van der Waals surface area contributed by atoms with Crippen molar-refractivity contribution in [3.05, 3.63) is 29.8 Å². The van der Waals surface area contributed by atoms with Crippen LogP contribution in [0.25, 0.3) is 0 Å². The van der Waals surface area contributed by atoms with Gasteiger partial charge in [-0.25, -0.2) is 4.79 Å². The summed E-state index contributed by atoms with van der Waals surface area (Å²) < 4.78 is 4.95. The summed E-state index contributed by atoms with van der Waals surface area (Å²) in [6.07, 6.45) is 0. The third-order valence-electron chi connectivity index (χ3n) is 2.87. The van der Waals surface area contributed by atoms with Crippen LogP contribution in [0.5, 0.6) is 0 Å². The summed E-state index contributed by atoms with van der Waals surface area (Å²) in [5.41, 5.74) is 1.64. The Morgan fingerprint density at radius 3 is 2.83 bits per heavy atom. The number of hydrogen-bond acceptors (Lipinski definition) is 4. The van der Waals surface area contributed by atoms with Crippen LogP contribution in [0, 0.1) is 0 Å². The number of rotatable bonds is 3. The van der Waals surface area contributed by atoms with Crippen LogP contribution in [0.3, 0.4) is 0 Å². The van der Waals surface area contributed by atoms with Crippen molar-refractivity contribution >= 4 is 23.3 Å². The second-order valence-electron chi connectivity index (χ2n) is 4.14. The van der Waals surface area contributed by atoms with E-state index in [2.05, 4.69) is 10.2 Å². The molecule has 1 unspecified atom stereocenters. The minimum Gasteiger partial charge on any atom is -0.462 e. The van der Waals surface area contributed by atoms with Gasteiger partial charge in [0.2, 0.25) is 0 Å². The fourth-order valence-corrected chi connectivity index (χ4v) is 2.24. The number of piperazine rings is 1. The molecule has 0 aromatic heterocycles. The number of nitrogens with one attached hydrogen (secondary N) is 1. The van der Waals surface area contributed by atoms with Crippen molar-refractivity contribution < 1.29 is 9.53 Å². The summed E-state index contributed by atoms with van der Waals surface area (Å²) in [5.74, 6) is -0.278. The van der Waals surface area contributed by atoms with Gasteiger partial charge in [0.1, 0.15) is 5.50 Å². The van der Waals surface area contributed by atoms with Crippen molar-refractivity contribution in [3.63, 3.8) is 0 Å². The number of carbonyl (C=O) groups is 1. The molecule has 1 aliphatic rings. The second kappa shape index (κ2) is 6.07. The molecule has 1 heterocycles. The molecule has 4 nitrogen and oxygen atoms in total. The number of ether oxygens (including phenoxy) is 1. The van der Waals surface area contributed by atoms with Gasteiger partial charge in [-0.1, -0.05) is 0 Å². The molecule has 98 valence electrons. The van der Waals surface area contributed by atoms with Gasteiger partial charge in [0.15, 0.2) is 0 Å². The standard InChI is InChI=1S/C13H17ClN2O2/c1-2-18-13(17)10-3-5-11(6-4-10)16-8-7-15-12(14)9-16/h3-6,12,15H,2,7-9H2,1H3. The van der Waals surface area contributed by atoms with E-state index >= 15 is 0 Å². The normalized spacial score (nSPS) is 19.7. The molecule has 5 heteroatoms. The summed E-state index contributed by atoms with van der Waals surface area (Å²) in [6.45, 7) is 4.75. The van der Waals surface area contributed by atoms with E-state index in [-0.39, 0.29) is 11.5 Å². The van der Waals surface area contributed by atoms with Gasteiger partial charge in [-0.3, -0.25) is 5.32 Å². The average Bonchev–Trinajstić information content (AvgIpc) is 2.39. The van der Waals surface area contributed by atoms with E-state index in [1.807, 2.05) is 12.1 Å². The van der Waals surface area contributed by atoms with E-state index in [1.54, 1.807) is 19.1 Å². The lowest BCUT2D eigenvalue weighted by molar-refractivity contribution is 0.0526. The summed E-state index contributed by atoms with van der Waals surface area (Å²) in [4.78, 5) is 13.7. The molecule has 1 aromatic rings. The zero-order valence-electron chi connectivity index (χ0n) is 10.4. The summed E-state index contributed by atoms with van der Waals surface area (Å²) in [7, 11) is 0. The molecule has 0 aliphatic carbocycles. The highest BCUT2D eigenvalue weighted by atomic mass is 35.5. The van der Waals surface area contributed by atoms with Gasteiger partial charge < -0.3 is 9.64 Å². The number of anilines is 1. The van der Waals surface area contributed by atoms with Crippen molar-refractivity contribution in [3.8, 4) is 0 Å². The molecule has 0 bridgehead atoms. The van der Waals surface area contributed by atoms with Crippen molar-refractivity contribution in [2.45, 2.75) is 12.4 Å². The molecular weight excluding hydrogens is 252 g/mol. The average molecular weight is 269 g/mol. The Morgan fingerprint density at radius 2 is 2.22 bits per heavy atom. The molecular formula is C13H17ClN2O2. The summed E-state index contributed by atoms with van der Waals surface area (Å²) in [6, 6.07) is 7.44. The third kappa shape index (κ3) is 3.15. The van der Waals surface area contributed by atoms with Crippen LogP contribution in [-0.4, -0.2) is 37.7 Å². The highest BCUT2D eigenvalue weighted by molar-refractivity contribution is 6.20. The maximum atomic E-state index is 11.5. The number of alkyl halides is 1. The fraction of sp³-hybridized carbons (Fsp3) is 0.462. The molecule has 1 atom stereocenters. The van der Waals surface area contributed by atoms with Crippen LogP contribution < -0.4 is 10.2 Å². The van der Waals surface area contributed by atoms with Gasteiger partial charge in [0, 0.05) is 25.3 Å². The highest BCUT2D eigenvalue weighted by Gasteiger charge is 2.17. The molecule has 1 aromatic carbocycles. The maximum absolute atomic E-state index is 11.5. The minimum absolute atomic E-state index is 0.0246. The van der Waals surface area contributed by atoms with E-state index < -0.39 is 0 Å². The largest absolute Gasteiger partial charge is 0.462 e. The molecule has 0 spiro atoms. The Morgan fingerprint density at radius 1 is 1.50 bits per heavy atom. The molecule has 1 N–H and O–H groups in total. The first-order valence-corrected chi connectivity index (χ1v) is 6.54. The van der Waals surface area contributed by atoms with Gasteiger partial charge in [0.25, 0.3) is 0 Å². The minimum atomic E-state index is -0.278. The van der Waals surface area contributed by atoms with Crippen molar-refractivity contribution in [2.75, 3.05) is 31.1 Å². The van der Waals surface area contributed by atoms with Gasteiger partial charge >= 0.3 is 5.97 Å². The van der Waals surface area contributed by atoms with Crippen molar-refractivity contribution in [2.24, 2.45) is 0 Å². The fourth-order valence-electron chi connectivity index (χ4n) is 1.96. The zero-order chi connectivity index (χ0) is 13.0. The van der Waals surface area contributed by atoms with Gasteiger partial charge in [-0.05, 0) is 31.2 Å². The summed E-state index contributed by atoms with van der Waals surface area (Å²) >= 11 is 6.06. The van der Waals surface area contributed by atoms with E-state index in [1.165, 1.54) is 0 Å². The molecule has 0 amide bonds. The monoisotopic (exact) mass is 268 g/mol. The topological polar surface area (TPSA) is 41.6 Å². The SMILES string of the molecule is CCOC(=O)c1ccc(N2CCNC(Cl)C2)cc1. The Balaban J connectivity index is 2.05. The van der Waals surface area contributed by atoms with Gasteiger partial charge in [-0.15, -0.1) is 11.6 Å². The van der Waals surface area contributed by atoms with E-state index in [0.717, 1.165) is 25.3 Å². The predicted octanol–water partition coefficient (Wildman–Crippen LogP) is 1.84. The van der Waals surface area contributed by atoms with E-state index in [4.69, 9.17) is 16.3 Å². The quantitative estimate of drug-likeness (QED) is 0.516. The number of halogens is 1. The lowest BCUT2D eigenvalue weighted by atomic mass is 10.2. The van der Waals surface area contributed by atoms with Crippen LogP contribution in [-0.2, 0) is 4.74 Å². The van der Waals surface area contributed by atoms with Crippen LogP contribution >= 0.6 is 11.6 Å². The Kier molecular flexibility index (Phi) is 4.44. The van der Waals surface area contributed by atoms with Crippen LogP contribution in [0.2, 0.25) is 0 Å². The van der Waals surface area contributed by atoms with Gasteiger partial charge in [0.05, 0.1) is 12.2 Å². The number of esters is 1. The Labute approximate surface area is 112 Å². The molecule has 1 fully saturated rings. The van der Waals surface area contributed by atoms with Gasteiger partial charge in [-0.2, -0.15) is 0 Å². The van der Waals surface area contributed by atoms with Crippen molar-refractivity contribution in [1.82, 2.24) is 5.32 Å². The van der Waals surface area contributed by atoms with E-state index in [0.29, 0.717) is 12.2 Å². The molecule has 1 aliphatic heterocycles. The first-order valence-electron chi connectivity index (χ1n) is 6.10. The van der Waals surface area contributed by atoms with Crippen LogP contribution in [0.4, 0.5) is 5.69 Å². The Hall–Kier alpha value is -1.26. The molecule has 0 radical (unpaired) electrons. The first kappa shape index (κ1) is 13.2. The number of hydrogen-bond donors (Lipinski definition) is 1. The smallest absolute Gasteiger partial charge is 0.338 e. The molecule has 2 rings (SSSR count). The maximum Gasteiger partial charge on any atom is 0.338 e.